The maximum absolute atomic E-state index is 12.6. The minimum absolute atomic E-state index is 0.0782. The van der Waals surface area contributed by atoms with Gasteiger partial charge in [0.15, 0.2) is 0 Å². The van der Waals surface area contributed by atoms with Crippen LogP contribution in [0.2, 0.25) is 0 Å². The standard InChI is InChI=1S/C34H52N2O4.C9H8N4O2/c1-31(2,3)23-17-21(18-24(29(23)39)32(4,5)6)13-15-27(37)35-36-28(38)16-14-22-19-25(33(7,8)9)30(40)26(20-22)34(10,11)12;14-7-4-2-1-3-6(7)8(15)12-9-10-5-11-13-9/h17-20,39-40H,13-16H2,1-12H3,(H,35,37)(H,36,38);1-5,14H,(H2,10,11,12,13,15). The first-order chi connectivity index (χ1) is 25.3. The van der Waals surface area contributed by atoms with Crippen molar-refractivity contribution in [2.75, 3.05) is 5.32 Å². The molecule has 4 aromatic rings. The maximum atomic E-state index is 12.6. The quantitative estimate of drug-likeness (QED) is 0.0888. The van der Waals surface area contributed by atoms with E-state index in [0.29, 0.717) is 24.3 Å². The van der Waals surface area contributed by atoms with Crippen LogP contribution in [0.5, 0.6) is 17.2 Å². The van der Waals surface area contributed by atoms with Crippen molar-refractivity contribution in [2.45, 2.75) is 130 Å². The topological polar surface area (TPSA) is 190 Å². The molecule has 55 heavy (non-hydrogen) atoms. The minimum Gasteiger partial charge on any atom is -0.507 e. The highest BCUT2D eigenvalue weighted by molar-refractivity contribution is 6.05. The van der Waals surface area contributed by atoms with Gasteiger partial charge in [0.25, 0.3) is 5.91 Å². The largest absolute Gasteiger partial charge is 0.507 e. The molecule has 0 aliphatic rings. The van der Waals surface area contributed by atoms with Crippen molar-refractivity contribution in [1.82, 2.24) is 26.0 Å². The summed E-state index contributed by atoms with van der Waals surface area (Å²) in [6.45, 7) is 24.7. The number of amides is 3. The van der Waals surface area contributed by atoms with Gasteiger partial charge in [-0.15, -0.1) is 5.10 Å². The van der Waals surface area contributed by atoms with Crippen LogP contribution in [-0.2, 0) is 44.1 Å². The first-order valence-corrected chi connectivity index (χ1v) is 18.6. The molecule has 3 amide bonds. The molecule has 1 aromatic heterocycles. The third-order valence-corrected chi connectivity index (χ3v) is 8.98. The Morgan fingerprint density at radius 3 is 1.33 bits per heavy atom. The molecule has 0 atom stereocenters. The molecule has 12 nitrogen and oxygen atoms in total. The van der Waals surface area contributed by atoms with Gasteiger partial charge < -0.3 is 15.3 Å². The first-order valence-electron chi connectivity index (χ1n) is 18.6. The van der Waals surface area contributed by atoms with Gasteiger partial charge in [-0.3, -0.25) is 35.7 Å². The third-order valence-electron chi connectivity index (χ3n) is 8.98. The summed E-state index contributed by atoms with van der Waals surface area (Å²) >= 11 is 0. The number of para-hydroxylation sites is 1. The highest BCUT2D eigenvalue weighted by atomic mass is 16.3. The number of nitrogens with zero attached hydrogens (tertiary/aromatic N) is 2. The highest BCUT2D eigenvalue weighted by Gasteiger charge is 2.28. The lowest BCUT2D eigenvalue weighted by molar-refractivity contribution is -0.128. The van der Waals surface area contributed by atoms with E-state index in [0.717, 1.165) is 33.4 Å². The van der Waals surface area contributed by atoms with E-state index in [1.54, 1.807) is 12.1 Å². The Bertz CT molecular complexity index is 1790. The first kappa shape index (κ1) is 44.0. The Balaban J connectivity index is 0.000000446. The number of hydrogen-bond acceptors (Lipinski definition) is 8. The second-order valence-corrected chi connectivity index (χ2v) is 18.0. The van der Waals surface area contributed by atoms with E-state index in [9.17, 15) is 29.7 Å². The average Bonchev–Trinajstić information content (AvgIpc) is 3.57. The summed E-state index contributed by atoms with van der Waals surface area (Å²) in [5.74, 6) is -0.269. The summed E-state index contributed by atoms with van der Waals surface area (Å²) in [7, 11) is 0. The van der Waals surface area contributed by atoms with Crippen molar-refractivity contribution in [3.8, 4) is 17.2 Å². The molecule has 0 unspecified atom stereocenters. The summed E-state index contributed by atoms with van der Waals surface area (Å²) in [6, 6.07) is 14.2. The lowest BCUT2D eigenvalue weighted by Gasteiger charge is -2.28. The van der Waals surface area contributed by atoms with E-state index < -0.39 is 5.91 Å². The number of rotatable bonds is 8. The Morgan fingerprint density at radius 1 is 0.618 bits per heavy atom. The maximum Gasteiger partial charge on any atom is 0.261 e. The predicted octanol–water partition coefficient (Wildman–Crippen LogP) is 7.76. The second-order valence-electron chi connectivity index (χ2n) is 18.0. The number of carbonyl (C=O) groups excluding carboxylic acids is 3. The van der Waals surface area contributed by atoms with Crippen LogP contribution in [0.3, 0.4) is 0 Å². The van der Waals surface area contributed by atoms with Gasteiger partial charge >= 0.3 is 0 Å². The van der Waals surface area contributed by atoms with E-state index in [2.05, 4.69) is 114 Å². The van der Waals surface area contributed by atoms with Crippen LogP contribution in [0.15, 0.2) is 54.9 Å². The Labute approximate surface area is 325 Å². The number of carbonyl (C=O) groups is 3. The van der Waals surface area contributed by atoms with Gasteiger partial charge in [0.2, 0.25) is 17.8 Å². The number of benzene rings is 3. The molecule has 4 rings (SSSR count). The number of aromatic nitrogens is 3. The summed E-state index contributed by atoms with van der Waals surface area (Å²) in [5.41, 5.74) is 9.71. The van der Waals surface area contributed by atoms with Gasteiger partial charge in [-0.25, -0.2) is 4.98 Å². The van der Waals surface area contributed by atoms with Crippen LogP contribution in [0, 0.1) is 0 Å². The number of aromatic hydroxyl groups is 3. The Morgan fingerprint density at radius 2 is 1.00 bits per heavy atom. The van der Waals surface area contributed by atoms with Crippen molar-refractivity contribution >= 4 is 23.7 Å². The molecule has 1 heterocycles. The van der Waals surface area contributed by atoms with Gasteiger partial charge in [-0.2, -0.15) is 0 Å². The van der Waals surface area contributed by atoms with E-state index in [1.807, 2.05) is 24.3 Å². The zero-order valence-corrected chi connectivity index (χ0v) is 34.5. The number of phenolic OH excluding ortho intramolecular Hbond substituents is 3. The summed E-state index contributed by atoms with van der Waals surface area (Å²) in [4.78, 5) is 40.4. The minimum atomic E-state index is -0.451. The lowest BCUT2D eigenvalue weighted by atomic mass is 9.78. The molecule has 3 aromatic carbocycles. The Kier molecular flexibility index (Phi) is 13.9. The number of anilines is 1. The van der Waals surface area contributed by atoms with Crippen LogP contribution >= 0.6 is 0 Å². The third kappa shape index (κ3) is 12.6. The Hall–Kier alpha value is -5.39. The number of hydrogen-bond donors (Lipinski definition) is 7. The summed E-state index contributed by atoms with van der Waals surface area (Å²) < 4.78 is 0. The van der Waals surface area contributed by atoms with Crippen LogP contribution < -0.4 is 16.2 Å². The van der Waals surface area contributed by atoms with Crippen LogP contribution in [0.1, 0.15) is 140 Å². The number of aromatic amines is 1. The summed E-state index contributed by atoms with van der Waals surface area (Å²) in [5, 5.41) is 39.8. The molecule has 7 N–H and O–H groups in total. The zero-order valence-electron chi connectivity index (χ0n) is 34.5. The number of H-pyrrole nitrogens is 1. The van der Waals surface area contributed by atoms with Gasteiger partial charge in [0, 0.05) is 12.8 Å². The van der Waals surface area contributed by atoms with Crippen molar-refractivity contribution < 1.29 is 29.7 Å². The molecule has 0 spiro atoms. The van der Waals surface area contributed by atoms with Gasteiger partial charge in [-0.1, -0.05) is 119 Å². The number of aryl methyl sites for hydroxylation is 2. The fraction of sp³-hybridized carbons (Fsp3) is 0.465. The molecule has 0 fully saturated rings. The fourth-order valence-corrected chi connectivity index (χ4v) is 5.85. The molecule has 298 valence electrons. The van der Waals surface area contributed by atoms with E-state index in [1.165, 1.54) is 18.5 Å². The van der Waals surface area contributed by atoms with Crippen LogP contribution in [0.4, 0.5) is 5.95 Å². The van der Waals surface area contributed by atoms with E-state index >= 15 is 0 Å². The van der Waals surface area contributed by atoms with E-state index in [-0.39, 0.29) is 63.6 Å². The van der Waals surface area contributed by atoms with Crippen LogP contribution in [-0.4, -0.2) is 48.2 Å². The average molecular weight is 757 g/mol. The van der Waals surface area contributed by atoms with Gasteiger partial charge in [-0.05, 0) is 80.0 Å². The molecular formula is C43H60N6O6. The molecule has 0 bridgehead atoms. The monoisotopic (exact) mass is 756 g/mol. The van der Waals surface area contributed by atoms with Gasteiger partial charge in [0.05, 0.1) is 5.56 Å². The highest BCUT2D eigenvalue weighted by Crippen LogP contribution is 2.41. The van der Waals surface area contributed by atoms with Crippen molar-refractivity contribution in [1.29, 1.82) is 0 Å². The van der Waals surface area contributed by atoms with Gasteiger partial charge in [0.1, 0.15) is 23.6 Å². The molecule has 0 aliphatic carbocycles. The smallest absolute Gasteiger partial charge is 0.261 e. The molecule has 0 saturated heterocycles. The van der Waals surface area contributed by atoms with E-state index in [4.69, 9.17) is 0 Å². The SMILES string of the molecule is CC(C)(C)c1cc(CCC(=O)NNC(=O)CCc2cc(C(C)(C)C)c(O)c(C(C)(C)C)c2)cc(C(C)(C)C)c1O.O=C(Nc1nc[nH]n1)c1ccccc1O. The predicted molar refractivity (Wildman–Crippen MR) is 216 cm³/mol. The fourth-order valence-electron chi connectivity index (χ4n) is 5.85. The number of nitrogens with one attached hydrogen (secondary N) is 4. The zero-order chi connectivity index (χ0) is 41.5. The normalized spacial score (nSPS) is 12.0. The lowest BCUT2D eigenvalue weighted by Crippen LogP contribution is -2.41. The second kappa shape index (κ2) is 17.4. The van der Waals surface area contributed by atoms with Crippen molar-refractivity contribution in [2.24, 2.45) is 0 Å². The molecule has 0 aliphatic heterocycles. The van der Waals surface area contributed by atoms with Crippen molar-refractivity contribution in [3.63, 3.8) is 0 Å². The molecular weight excluding hydrogens is 697 g/mol. The number of hydrazine groups is 1. The molecule has 0 radical (unpaired) electrons. The van der Waals surface area contributed by atoms with Crippen molar-refractivity contribution in [3.05, 3.63) is 93.8 Å². The number of phenols is 3. The molecule has 0 saturated carbocycles. The van der Waals surface area contributed by atoms with Crippen LogP contribution in [0.25, 0.3) is 0 Å². The summed E-state index contributed by atoms with van der Waals surface area (Å²) in [6.07, 6.45) is 2.75. The molecule has 12 heteroatoms.